The lowest BCUT2D eigenvalue weighted by Crippen LogP contribution is -2.04. The van der Waals surface area contributed by atoms with Crippen LogP contribution in [0.2, 0.25) is 0 Å². The van der Waals surface area contributed by atoms with Gasteiger partial charge in [-0.15, -0.1) is 0 Å². The number of aromatic nitrogens is 4. The summed E-state index contributed by atoms with van der Waals surface area (Å²) in [6.45, 7) is 30.8. The van der Waals surface area contributed by atoms with Gasteiger partial charge in [0.1, 0.15) is 0 Å². The van der Waals surface area contributed by atoms with Gasteiger partial charge in [0.15, 0.2) is 17.5 Å². The van der Waals surface area contributed by atoms with Gasteiger partial charge in [0, 0.05) is 27.8 Å². The predicted molar refractivity (Wildman–Crippen MR) is 237 cm³/mol. The van der Waals surface area contributed by atoms with E-state index in [1.165, 1.54) is 0 Å². The molecule has 1 aliphatic rings. The number of hydrogen-bond acceptors (Lipinski definition) is 3. The smallest absolute Gasteiger partial charge is 0.164 e. The summed E-state index contributed by atoms with van der Waals surface area (Å²) in [5.74, 6) is 1.68. The van der Waals surface area contributed by atoms with Crippen molar-refractivity contribution in [2.75, 3.05) is 0 Å². The summed E-state index contributed by atoms with van der Waals surface area (Å²) in [4.78, 5) is 15.2. The van der Waals surface area contributed by atoms with Gasteiger partial charge in [0.25, 0.3) is 0 Å². The molecule has 268 valence electrons. The van der Waals surface area contributed by atoms with Crippen LogP contribution < -0.4 is 0 Å². The average Bonchev–Trinajstić information content (AvgIpc) is 3.51. The number of nitrogens with zero attached hydrogens (tertiary/aromatic N) is 4. The second-order valence-electron chi connectivity index (χ2n) is 12.6. The molecule has 0 saturated carbocycles. The molecule has 5 rings (SSSR count). The highest BCUT2D eigenvalue weighted by Crippen LogP contribution is 2.36. The van der Waals surface area contributed by atoms with Crippen molar-refractivity contribution in [1.82, 2.24) is 19.5 Å². The summed E-state index contributed by atoms with van der Waals surface area (Å²) < 4.78 is 2.27. The lowest BCUT2D eigenvalue weighted by Gasteiger charge is -2.15. The van der Waals surface area contributed by atoms with Crippen LogP contribution in [0.15, 0.2) is 172 Å². The average molecular weight is 705 g/mol. The molecule has 4 heteroatoms. The minimum absolute atomic E-state index is 0.555. The Balaban J connectivity index is 1.86. The molecule has 0 amide bonds. The summed E-state index contributed by atoms with van der Waals surface area (Å²) in [6, 6.07) is 14.8. The molecule has 0 spiro atoms. The Hall–Kier alpha value is -6.65. The summed E-state index contributed by atoms with van der Waals surface area (Å²) in [7, 11) is 0. The summed E-state index contributed by atoms with van der Waals surface area (Å²) in [5.41, 5.74) is 12.5. The highest BCUT2D eigenvalue weighted by Gasteiger charge is 2.19. The van der Waals surface area contributed by atoms with Crippen molar-refractivity contribution in [1.29, 1.82) is 0 Å². The summed E-state index contributed by atoms with van der Waals surface area (Å²) in [5, 5.41) is 1.12. The number of fused-ring (bicyclic) bond motifs is 6. The molecule has 6 bridgehead atoms. The van der Waals surface area contributed by atoms with Crippen molar-refractivity contribution >= 4 is 51.0 Å². The van der Waals surface area contributed by atoms with Gasteiger partial charge in [0.05, 0.1) is 11.2 Å². The van der Waals surface area contributed by atoms with E-state index in [1.807, 2.05) is 107 Å². The molecule has 0 fully saturated rings. The normalized spacial score (nSPS) is 17.5. The van der Waals surface area contributed by atoms with Crippen molar-refractivity contribution < 1.29 is 0 Å². The first-order valence-electron chi connectivity index (χ1n) is 18.1. The van der Waals surface area contributed by atoms with Crippen LogP contribution >= 0.6 is 0 Å². The van der Waals surface area contributed by atoms with Crippen molar-refractivity contribution in [2.45, 2.75) is 34.6 Å². The maximum atomic E-state index is 5.08. The Morgan fingerprint density at radius 1 is 0.667 bits per heavy atom. The van der Waals surface area contributed by atoms with E-state index in [0.29, 0.717) is 17.5 Å². The minimum atomic E-state index is 0.555. The molecule has 0 N–H and O–H groups in total. The van der Waals surface area contributed by atoms with Gasteiger partial charge in [-0.05, 0) is 104 Å². The molecular formula is C50H48N4. The van der Waals surface area contributed by atoms with Gasteiger partial charge in [-0.2, -0.15) is 0 Å². The van der Waals surface area contributed by atoms with E-state index < -0.39 is 0 Å². The van der Waals surface area contributed by atoms with Crippen LogP contribution in [0.5, 0.6) is 0 Å². The molecule has 0 atom stereocenters. The van der Waals surface area contributed by atoms with E-state index in [2.05, 4.69) is 105 Å². The highest BCUT2D eigenvalue weighted by atomic mass is 15.0. The Morgan fingerprint density at radius 2 is 1.35 bits per heavy atom. The molecule has 2 aromatic heterocycles. The minimum Gasteiger partial charge on any atom is -0.310 e. The van der Waals surface area contributed by atoms with Crippen LogP contribution in [-0.2, 0) is 0 Å². The highest BCUT2D eigenvalue weighted by molar-refractivity contribution is 6.00. The summed E-state index contributed by atoms with van der Waals surface area (Å²) in [6.07, 6.45) is 32.0. The van der Waals surface area contributed by atoms with E-state index in [-0.39, 0.29) is 0 Å². The number of rotatable bonds is 10. The third-order valence-corrected chi connectivity index (χ3v) is 9.28. The third kappa shape index (κ3) is 7.89. The molecule has 0 saturated heterocycles. The Labute approximate surface area is 321 Å². The standard InChI is InChI=1S/C50H48N4/c1-11-20-23-35(13-3)36(14-4)27-26-34(10)48-51-49-39(17-7)30-37(15-5)41-28-29-45-44(22-12-2)46(19-9)54(47(45)33-41)43(18-8)32-38(16-6)40-24-21-25-42(31-40)50(52-48)53-49/h11-33H,3-6,9H2,1-2,7-8,10H3/b20-11-,22-12-,34-26+,35-23+,36-27+,37-30+,38-32+,39-17+,43-18+. The van der Waals surface area contributed by atoms with E-state index in [9.17, 15) is 0 Å². The fraction of sp³-hybridized carbons (Fsp3) is 0.100. The molecule has 1 aliphatic heterocycles. The molecule has 54 heavy (non-hydrogen) atoms. The van der Waals surface area contributed by atoms with Crippen molar-refractivity contribution in [3.8, 4) is 11.4 Å². The molecular weight excluding hydrogens is 657 g/mol. The first-order valence-corrected chi connectivity index (χ1v) is 18.1. The van der Waals surface area contributed by atoms with Crippen LogP contribution in [-0.4, -0.2) is 19.5 Å². The van der Waals surface area contributed by atoms with Crippen molar-refractivity contribution in [3.63, 3.8) is 0 Å². The van der Waals surface area contributed by atoms with E-state index in [1.54, 1.807) is 0 Å². The van der Waals surface area contributed by atoms with E-state index in [0.717, 1.165) is 78.0 Å². The predicted octanol–water partition coefficient (Wildman–Crippen LogP) is 13.5. The van der Waals surface area contributed by atoms with Crippen molar-refractivity contribution in [3.05, 3.63) is 206 Å². The molecule has 4 aromatic rings. The topological polar surface area (TPSA) is 43.6 Å². The van der Waals surface area contributed by atoms with Crippen molar-refractivity contribution in [2.24, 2.45) is 0 Å². The fourth-order valence-corrected chi connectivity index (χ4v) is 6.44. The quantitative estimate of drug-likeness (QED) is 0.154. The zero-order valence-corrected chi connectivity index (χ0v) is 32.1. The van der Waals surface area contributed by atoms with E-state index >= 15 is 0 Å². The van der Waals surface area contributed by atoms with Gasteiger partial charge >= 0.3 is 0 Å². The molecule has 4 nitrogen and oxygen atoms in total. The Kier molecular flexibility index (Phi) is 12.7. The molecule has 3 heterocycles. The van der Waals surface area contributed by atoms with Gasteiger partial charge < -0.3 is 4.57 Å². The van der Waals surface area contributed by atoms with Crippen LogP contribution in [0.3, 0.4) is 0 Å². The molecule has 0 radical (unpaired) electrons. The van der Waals surface area contributed by atoms with E-state index in [4.69, 9.17) is 15.0 Å². The van der Waals surface area contributed by atoms with Crippen LogP contribution in [0.4, 0.5) is 0 Å². The number of benzene rings is 2. The van der Waals surface area contributed by atoms with Gasteiger partial charge in [-0.1, -0.05) is 142 Å². The van der Waals surface area contributed by atoms with Gasteiger partial charge in [-0.3, -0.25) is 0 Å². The first kappa shape index (κ1) is 38.6. The Bertz CT molecular complexity index is 2450. The lowest BCUT2D eigenvalue weighted by atomic mass is 9.99. The van der Waals surface area contributed by atoms with Crippen LogP contribution in [0, 0.1) is 0 Å². The first-order chi connectivity index (χ1) is 26.3. The maximum absolute atomic E-state index is 5.08. The van der Waals surface area contributed by atoms with Crippen LogP contribution in [0.25, 0.3) is 62.4 Å². The molecule has 2 aromatic carbocycles. The largest absolute Gasteiger partial charge is 0.310 e. The third-order valence-electron chi connectivity index (χ3n) is 9.28. The monoisotopic (exact) mass is 704 g/mol. The molecule has 0 unspecified atom stereocenters. The van der Waals surface area contributed by atoms with Gasteiger partial charge in [-0.25, -0.2) is 15.0 Å². The second-order valence-corrected chi connectivity index (χ2v) is 12.6. The maximum Gasteiger partial charge on any atom is 0.164 e. The zero-order valence-electron chi connectivity index (χ0n) is 32.1. The second kappa shape index (κ2) is 17.7. The number of allylic oxidation sites excluding steroid dienone is 21. The fourth-order valence-electron chi connectivity index (χ4n) is 6.44. The Morgan fingerprint density at radius 3 is 2.00 bits per heavy atom. The number of hydrogen-bond donors (Lipinski definition) is 0. The zero-order chi connectivity index (χ0) is 38.8. The SMILES string of the molecule is C=CC(=C\C=C/C)/C(C=C)=C/C=C(\C)c1nc2nc(n1)-c1cccc(c1)/C(C=C)=C/C(=C\C)n1c(C=C)c(/C=C\C)c3ccc(cc31)/C(C=C)=C/C2=C\C. The molecule has 0 aliphatic carbocycles. The lowest BCUT2D eigenvalue weighted by molar-refractivity contribution is 0.998. The van der Waals surface area contributed by atoms with Gasteiger partial charge in [0.2, 0.25) is 0 Å². The van der Waals surface area contributed by atoms with Crippen LogP contribution in [0.1, 0.15) is 68.7 Å². The summed E-state index contributed by atoms with van der Waals surface area (Å²) >= 11 is 0.